The molecule has 0 bridgehead atoms. The van der Waals surface area contributed by atoms with E-state index in [0.717, 1.165) is 18.7 Å². The number of fused-ring (bicyclic) bond motifs is 1. The van der Waals surface area contributed by atoms with E-state index in [1.807, 2.05) is 18.9 Å². The largest absolute Gasteiger partial charge is 0.465 e. The Labute approximate surface area is 218 Å². The van der Waals surface area contributed by atoms with Crippen LogP contribution in [0.15, 0.2) is 52.3 Å². The smallest absolute Gasteiger partial charge is 0.315 e. The number of hydrogen-bond acceptors (Lipinski definition) is 7. The van der Waals surface area contributed by atoms with Crippen molar-refractivity contribution in [3.8, 4) is 0 Å². The number of benzene rings is 2. The fraction of sp³-hybridized carbons (Fsp3) is 0.519. The maximum absolute atomic E-state index is 11.8. The second kappa shape index (κ2) is 13.1. The van der Waals surface area contributed by atoms with Gasteiger partial charge in [-0.1, -0.05) is 44.9 Å². The van der Waals surface area contributed by atoms with Crippen molar-refractivity contribution in [1.29, 1.82) is 0 Å². The molecular weight excluding hydrogens is 481 g/mol. The molecule has 34 heavy (non-hydrogen) atoms. The van der Waals surface area contributed by atoms with Crippen molar-refractivity contribution in [2.24, 2.45) is 0 Å². The molecule has 3 rings (SSSR count). The van der Waals surface area contributed by atoms with Gasteiger partial charge in [0.25, 0.3) is 0 Å². The molecule has 7 heteroatoms. The Morgan fingerprint density at radius 1 is 1.18 bits per heavy atom. The van der Waals surface area contributed by atoms with Gasteiger partial charge in [0, 0.05) is 33.3 Å². The Kier molecular flexibility index (Phi) is 10.6. The summed E-state index contributed by atoms with van der Waals surface area (Å²) in [6, 6.07) is 15.5. The van der Waals surface area contributed by atoms with Gasteiger partial charge >= 0.3 is 5.97 Å². The molecule has 0 fully saturated rings. The Hall–Kier alpha value is -1.28. The molecule has 0 N–H and O–H groups in total. The summed E-state index contributed by atoms with van der Waals surface area (Å²) in [5, 5.41) is 0. The number of unbranched alkanes of at least 4 members (excludes halogenated alkanes) is 1. The van der Waals surface area contributed by atoms with Crippen LogP contribution in [0.1, 0.15) is 52.0 Å². The van der Waals surface area contributed by atoms with Crippen molar-refractivity contribution >= 4 is 52.8 Å². The molecule has 0 radical (unpaired) electrons. The molecule has 1 aliphatic rings. The molecule has 0 aliphatic carbocycles. The number of esters is 1. The van der Waals surface area contributed by atoms with Gasteiger partial charge < -0.3 is 9.64 Å². The lowest BCUT2D eigenvalue weighted by Crippen LogP contribution is -2.49. The Bertz CT molecular complexity index is 941. The van der Waals surface area contributed by atoms with Crippen molar-refractivity contribution in [1.82, 2.24) is 4.31 Å². The number of carbonyl (C=O) groups is 1. The number of thioether (sulfide) groups is 2. The number of nitrogens with zero attached hydrogens (tertiary/aromatic N) is 2. The number of para-hydroxylation sites is 1. The van der Waals surface area contributed by atoms with Crippen LogP contribution in [-0.4, -0.2) is 48.0 Å². The first-order valence-electron chi connectivity index (χ1n) is 12.2. The van der Waals surface area contributed by atoms with Gasteiger partial charge in [-0.3, -0.25) is 4.79 Å². The summed E-state index contributed by atoms with van der Waals surface area (Å²) >= 11 is 5.29. The first-order valence-corrected chi connectivity index (χ1v) is 15.3. The lowest BCUT2D eigenvalue weighted by Gasteiger charge is -2.42. The first kappa shape index (κ1) is 27.3. The number of rotatable bonds is 11. The van der Waals surface area contributed by atoms with Crippen LogP contribution >= 0.6 is 35.5 Å². The van der Waals surface area contributed by atoms with Crippen LogP contribution < -0.4 is 4.90 Å². The van der Waals surface area contributed by atoms with Gasteiger partial charge in [-0.25, -0.2) is 4.31 Å². The molecule has 2 aromatic rings. The highest BCUT2D eigenvalue weighted by Crippen LogP contribution is 2.48. The van der Waals surface area contributed by atoms with Crippen molar-refractivity contribution in [2.75, 3.05) is 37.1 Å². The molecule has 0 saturated carbocycles. The molecule has 1 unspecified atom stereocenters. The molecule has 1 aliphatic heterocycles. The van der Waals surface area contributed by atoms with Crippen molar-refractivity contribution in [3.05, 3.63) is 48.0 Å². The lowest BCUT2D eigenvalue weighted by molar-refractivity contribution is -0.139. The number of likely N-dealkylation sites (N-methyl/N-ethyl adjacent to an activating group) is 1. The van der Waals surface area contributed by atoms with E-state index in [0.29, 0.717) is 12.4 Å². The predicted molar refractivity (Wildman–Crippen MR) is 151 cm³/mol. The van der Waals surface area contributed by atoms with Gasteiger partial charge in [-0.15, -0.1) is 23.5 Å². The monoisotopic (exact) mass is 518 g/mol. The van der Waals surface area contributed by atoms with Crippen LogP contribution in [0.3, 0.4) is 0 Å². The third-order valence-corrected chi connectivity index (χ3v) is 9.47. The summed E-state index contributed by atoms with van der Waals surface area (Å²) in [5.74, 6) is 1.05. The third kappa shape index (κ3) is 6.48. The molecular formula is C27H38N2O2S3. The van der Waals surface area contributed by atoms with Crippen molar-refractivity contribution in [3.63, 3.8) is 0 Å². The molecule has 1 atom stereocenters. The van der Waals surface area contributed by atoms with Crippen molar-refractivity contribution in [2.45, 2.75) is 67.5 Å². The topological polar surface area (TPSA) is 32.8 Å². The van der Waals surface area contributed by atoms with E-state index < -0.39 is 0 Å². The van der Waals surface area contributed by atoms with E-state index >= 15 is 0 Å². The molecule has 186 valence electrons. The van der Waals surface area contributed by atoms with E-state index in [4.69, 9.17) is 4.74 Å². The van der Waals surface area contributed by atoms with Gasteiger partial charge in [0.2, 0.25) is 0 Å². The van der Waals surface area contributed by atoms with Gasteiger partial charge in [0.15, 0.2) is 0 Å². The van der Waals surface area contributed by atoms with Crippen LogP contribution in [0.2, 0.25) is 0 Å². The van der Waals surface area contributed by atoms with Gasteiger partial charge in [-0.2, -0.15) is 0 Å². The first-order chi connectivity index (χ1) is 16.5. The minimum absolute atomic E-state index is 0.0912. The maximum Gasteiger partial charge on any atom is 0.315 e. The Morgan fingerprint density at radius 3 is 2.59 bits per heavy atom. The molecule has 0 amide bonds. The normalized spacial score (nSPS) is 18.4. The number of anilines is 2. The minimum Gasteiger partial charge on any atom is -0.465 e. The summed E-state index contributed by atoms with van der Waals surface area (Å²) in [7, 11) is 2.26. The van der Waals surface area contributed by atoms with E-state index in [9.17, 15) is 4.79 Å². The highest BCUT2D eigenvalue weighted by atomic mass is 32.2. The molecule has 2 aromatic carbocycles. The summed E-state index contributed by atoms with van der Waals surface area (Å²) < 4.78 is 7.62. The lowest BCUT2D eigenvalue weighted by atomic mass is 9.88. The quantitative estimate of drug-likeness (QED) is 0.172. The van der Waals surface area contributed by atoms with Crippen LogP contribution in [0.25, 0.3) is 0 Å². The van der Waals surface area contributed by atoms with Crippen LogP contribution in [0.5, 0.6) is 0 Å². The van der Waals surface area contributed by atoms with Crippen LogP contribution in [0.4, 0.5) is 11.4 Å². The maximum atomic E-state index is 11.8. The SMILES string of the molecule is CCCCC1(CC)CN(c2ccccc2)c2cc(SC)c(CSCC(=O)OCC)cc2SN1C. The molecule has 0 spiro atoms. The van der Waals surface area contributed by atoms with Crippen LogP contribution in [-0.2, 0) is 15.3 Å². The second-order valence-corrected chi connectivity index (χ2v) is 11.6. The van der Waals surface area contributed by atoms with Crippen molar-refractivity contribution < 1.29 is 9.53 Å². The third-order valence-electron chi connectivity index (χ3n) is 6.51. The fourth-order valence-electron chi connectivity index (χ4n) is 4.44. The summed E-state index contributed by atoms with van der Waals surface area (Å²) in [4.78, 5) is 16.9. The summed E-state index contributed by atoms with van der Waals surface area (Å²) in [6.45, 7) is 7.86. The zero-order valence-corrected chi connectivity index (χ0v) is 23.6. The highest BCUT2D eigenvalue weighted by Gasteiger charge is 2.39. The van der Waals surface area contributed by atoms with Gasteiger partial charge in [0.1, 0.15) is 0 Å². The predicted octanol–water partition coefficient (Wildman–Crippen LogP) is 7.63. The summed E-state index contributed by atoms with van der Waals surface area (Å²) in [6.07, 6.45) is 6.85. The fourth-order valence-corrected chi connectivity index (χ4v) is 7.19. The minimum atomic E-state index is -0.138. The second-order valence-electron chi connectivity index (χ2n) is 8.62. The average Bonchev–Trinajstić information content (AvgIpc) is 2.97. The number of hydrogen-bond donors (Lipinski definition) is 0. The molecule has 4 nitrogen and oxygen atoms in total. The Morgan fingerprint density at radius 2 is 1.94 bits per heavy atom. The van der Waals surface area contributed by atoms with E-state index in [2.05, 4.69) is 78.8 Å². The Balaban J connectivity index is 2.01. The summed E-state index contributed by atoms with van der Waals surface area (Å²) in [5.41, 5.74) is 3.89. The van der Waals surface area contributed by atoms with Gasteiger partial charge in [-0.05, 0) is 74.8 Å². The van der Waals surface area contributed by atoms with E-state index in [1.165, 1.54) is 46.0 Å². The standard InChI is InChI=1S/C27H38N2O2S3/c1-6-9-15-27(7-2)20-29(22-13-11-10-12-14-22)23-17-24(32-5)21(16-25(23)34-28(27)4)18-33-19-26(30)31-8-3/h10-14,16-17H,6-9,15,18-20H2,1-5H3. The molecule has 0 aromatic heterocycles. The molecule has 0 saturated heterocycles. The zero-order valence-electron chi connectivity index (χ0n) is 21.1. The van der Waals surface area contributed by atoms with E-state index in [-0.39, 0.29) is 11.5 Å². The van der Waals surface area contributed by atoms with E-state index in [1.54, 1.807) is 23.5 Å². The van der Waals surface area contributed by atoms with Gasteiger partial charge in [0.05, 0.1) is 18.0 Å². The van der Waals surface area contributed by atoms with Crippen LogP contribution in [0, 0.1) is 0 Å². The average molecular weight is 519 g/mol. The highest BCUT2D eigenvalue weighted by molar-refractivity contribution is 7.99. The zero-order chi connectivity index (χ0) is 24.6. The molecule has 1 heterocycles. The number of carbonyl (C=O) groups excluding carboxylic acids is 1. The number of ether oxygens (including phenoxy) is 1.